The highest BCUT2D eigenvalue weighted by atomic mass is 16.5. The minimum Gasteiger partial charge on any atom is -0.493 e. The molecule has 0 aromatic heterocycles. The zero-order valence-corrected chi connectivity index (χ0v) is 9.63. The Morgan fingerprint density at radius 1 is 1.13 bits per heavy atom. The van der Waals surface area contributed by atoms with Gasteiger partial charge in [-0.25, -0.2) is 0 Å². The number of ether oxygens (including phenoxy) is 2. The number of nitrogens with one attached hydrogen (secondary N) is 1. The first-order chi connectivity index (χ1) is 7.19. The maximum absolute atomic E-state index is 5.43. The van der Waals surface area contributed by atoms with Gasteiger partial charge in [0.2, 0.25) is 0 Å². The van der Waals surface area contributed by atoms with Gasteiger partial charge in [-0.05, 0) is 19.1 Å². The monoisotopic (exact) mass is 207 g/mol. The zero-order chi connectivity index (χ0) is 11.0. The molecule has 2 rings (SSSR count). The van der Waals surface area contributed by atoms with E-state index < -0.39 is 0 Å². The summed E-state index contributed by atoms with van der Waals surface area (Å²) in [5.74, 6) is 2.11. The van der Waals surface area contributed by atoms with Crippen molar-refractivity contribution in [3.8, 4) is 11.5 Å². The van der Waals surface area contributed by atoms with E-state index in [4.69, 9.17) is 9.47 Å². The van der Waals surface area contributed by atoms with Crippen LogP contribution < -0.4 is 14.8 Å². The van der Waals surface area contributed by atoms with Crippen molar-refractivity contribution in [1.29, 1.82) is 0 Å². The first kappa shape index (κ1) is 10.1. The number of rotatable bonds is 2. The van der Waals surface area contributed by atoms with Crippen molar-refractivity contribution in [2.24, 2.45) is 0 Å². The molecule has 15 heavy (non-hydrogen) atoms. The summed E-state index contributed by atoms with van der Waals surface area (Å²) in [6.07, 6.45) is 0. The molecule has 0 spiro atoms. The van der Waals surface area contributed by atoms with Crippen LogP contribution in [0.4, 0.5) is 5.69 Å². The lowest BCUT2D eigenvalue weighted by molar-refractivity contribution is 0.350. The molecule has 0 bridgehead atoms. The summed E-state index contributed by atoms with van der Waals surface area (Å²) >= 11 is 0. The van der Waals surface area contributed by atoms with Crippen molar-refractivity contribution in [2.45, 2.75) is 25.8 Å². The van der Waals surface area contributed by atoms with Gasteiger partial charge in [-0.2, -0.15) is 0 Å². The number of anilines is 1. The predicted molar refractivity (Wildman–Crippen MR) is 61.0 cm³/mol. The molecule has 0 aliphatic carbocycles. The molecular formula is C12H17NO2. The molecule has 1 N–H and O–H groups in total. The second-order valence-corrected chi connectivity index (χ2v) is 3.98. The summed E-state index contributed by atoms with van der Waals surface area (Å²) in [6.45, 7) is 4.38. The number of benzene rings is 1. The molecule has 82 valence electrons. The van der Waals surface area contributed by atoms with Crippen LogP contribution in [0.1, 0.15) is 25.3 Å². The van der Waals surface area contributed by atoms with Gasteiger partial charge in [0.05, 0.1) is 14.2 Å². The van der Waals surface area contributed by atoms with Gasteiger partial charge in [-0.3, -0.25) is 0 Å². The highest BCUT2D eigenvalue weighted by Crippen LogP contribution is 2.46. The Hall–Kier alpha value is -1.38. The van der Waals surface area contributed by atoms with Crippen molar-refractivity contribution in [1.82, 2.24) is 0 Å². The van der Waals surface area contributed by atoms with Crippen LogP contribution in [0.3, 0.4) is 0 Å². The molecule has 2 unspecified atom stereocenters. The molecular weight excluding hydrogens is 190 g/mol. The Morgan fingerprint density at radius 2 is 1.87 bits per heavy atom. The quantitative estimate of drug-likeness (QED) is 0.808. The van der Waals surface area contributed by atoms with Crippen molar-refractivity contribution >= 4 is 5.69 Å². The van der Waals surface area contributed by atoms with E-state index in [9.17, 15) is 0 Å². The SMILES string of the molecule is COc1ccc2c(c1OC)C(C)C(C)N2. The largest absolute Gasteiger partial charge is 0.493 e. The van der Waals surface area contributed by atoms with Crippen LogP contribution in [0.25, 0.3) is 0 Å². The Morgan fingerprint density at radius 3 is 2.47 bits per heavy atom. The molecule has 1 aliphatic rings. The maximum atomic E-state index is 5.43. The molecule has 0 saturated heterocycles. The van der Waals surface area contributed by atoms with Crippen LogP contribution >= 0.6 is 0 Å². The van der Waals surface area contributed by atoms with Gasteiger partial charge < -0.3 is 14.8 Å². The van der Waals surface area contributed by atoms with Gasteiger partial charge in [-0.1, -0.05) is 6.92 Å². The fraction of sp³-hybridized carbons (Fsp3) is 0.500. The Labute approximate surface area is 90.4 Å². The summed E-state index contributed by atoms with van der Waals surface area (Å²) in [5, 5.41) is 3.44. The minimum absolute atomic E-state index is 0.445. The minimum atomic E-state index is 0.445. The summed E-state index contributed by atoms with van der Waals surface area (Å²) in [7, 11) is 3.36. The third-order valence-electron chi connectivity index (χ3n) is 3.17. The molecule has 0 amide bonds. The number of fused-ring (bicyclic) bond motifs is 1. The second-order valence-electron chi connectivity index (χ2n) is 3.98. The van der Waals surface area contributed by atoms with Crippen LogP contribution in [0.5, 0.6) is 11.5 Å². The molecule has 1 aromatic rings. The summed E-state index contributed by atoms with van der Waals surface area (Å²) < 4.78 is 10.7. The van der Waals surface area contributed by atoms with Crippen LogP contribution in [-0.4, -0.2) is 20.3 Å². The molecule has 0 radical (unpaired) electrons. The van der Waals surface area contributed by atoms with Crippen molar-refractivity contribution in [2.75, 3.05) is 19.5 Å². The number of hydrogen-bond donors (Lipinski definition) is 1. The van der Waals surface area contributed by atoms with Gasteiger partial charge in [0.15, 0.2) is 11.5 Å². The first-order valence-electron chi connectivity index (χ1n) is 5.20. The van der Waals surface area contributed by atoms with Crippen molar-refractivity contribution in [3.63, 3.8) is 0 Å². The average molecular weight is 207 g/mol. The van der Waals surface area contributed by atoms with E-state index in [1.165, 1.54) is 5.56 Å². The Kier molecular flexibility index (Phi) is 2.47. The van der Waals surface area contributed by atoms with Crippen molar-refractivity contribution in [3.05, 3.63) is 17.7 Å². The Balaban J connectivity index is 2.56. The molecule has 2 atom stereocenters. The first-order valence-corrected chi connectivity index (χ1v) is 5.20. The van der Waals surface area contributed by atoms with Crippen LogP contribution in [0.15, 0.2) is 12.1 Å². The maximum Gasteiger partial charge on any atom is 0.166 e. The third-order valence-corrected chi connectivity index (χ3v) is 3.17. The van der Waals surface area contributed by atoms with Crippen molar-refractivity contribution < 1.29 is 9.47 Å². The molecule has 1 heterocycles. The van der Waals surface area contributed by atoms with Gasteiger partial charge in [0.1, 0.15) is 0 Å². The highest BCUT2D eigenvalue weighted by Gasteiger charge is 2.30. The number of hydrogen-bond acceptors (Lipinski definition) is 3. The summed E-state index contributed by atoms with van der Waals surface area (Å²) in [4.78, 5) is 0. The standard InChI is InChI=1S/C12H17NO2/c1-7-8(2)13-9-5-6-10(14-3)12(15-4)11(7)9/h5-8,13H,1-4H3. The topological polar surface area (TPSA) is 30.5 Å². The molecule has 3 nitrogen and oxygen atoms in total. The molecule has 0 fully saturated rings. The van der Waals surface area contributed by atoms with E-state index in [0.29, 0.717) is 12.0 Å². The van der Waals surface area contributed by atoms with E-state index in [0.717, 1.165) is 17.2 Å². The average Bonchev–Trinajstić information content (AvgIpc) is 2.54. The lowest BCUT2D eigenvalue weighted by Gasteiger charge is -2.14. The summed E-state index contributed by atoms with van der Waals surface area (Å²) in [6, 6.07) is 4.44. The van der Waals surface area contributed by atoms with E-state index in [1.54, 1.807) is 14.2 Å². The lowest BCUT2D eigenvalue weighted by Crippen LogP contribution is -2.13. The predicted octanol–water partition coefficient (Wildman–Crippen LogP) is 2.62. The molecule has 1 aromatic carbocycles. The normalized spacial score (nSPS) is 23.2. The third kappa shape index (κ3) is 1.42. The van der Waals surface area contributed by atoms with Gasteiger partial charge in [-0.15, -0.1) is 0 Å². The highest BCUT2D eigenvalue weighted by molar-refractivity contribution is 5.68. The zero-order valence-electron chi connectivity index (χ0n) is 9.63. The van der Waals surface area contributed by atoms with E-state index in [2.05, 4.69) is 25.2 Å². The fourth-order valence-corrected chi connectivity index (χ4v) is 2.15. The van der Waals surface area contributed by atoms with Gasteiger partial charge in [0, 0.05) is 23.2 Å². The molecule has 3 heteroatoms. The molecule has 0 saturated carbocycles. The van der Waals surface area contributed by atoms with Gasteiger partial charge >= 0.3 is 0 Å². The van der Waals surface area contributed by atoms with Crippen LogP contribution in [-0.2, 0) is 0 Å². The van der Waals surface area contributed by atoms with E-state index >= 15 is 0 Å². The van der Waals surface area contributed by atoms with E-state index in [-0.39, 0.29) is 0 Å². The van der Waals surface area contributed by atoms with Crippen LogP contribution in [0, 0.1) is 0 Å². The Bertz CT molecular complexity index is 376. The van der Waals surface area contributed by atoms with Gasteiger partial charge in [0.25, 0.3) is 0 Å². The number of methoxy groups -OCH3 is 2. The second kappa shape index (κ2) is 3.65. The fourth-order valence-electron chi connectivity index (χ4n) is 2.15. The van der Waals surface area contributed by atoms with Crippen LogP contribution in [0.2, 0.25) is 0 Å². The van der Waals surface area contributed by atoms with E-state index in [1.807, 2.05) is 6.07 Å². The smallest absolute Gasteiger partial charge is 0.166 e. The molecule has 1 aliphatic heterocycles. The summed E-state index contributed by atoms with van der Waals surface area (Å²) in [5.41, 5.74) is 2.39. The lowest BCUT2D eigenvalue weighted by atomic mass is 9.97.